The summed E-state index contributed by atoms with van der Waals surface area (Å²) in [5.41, 5.74) is -0.0577. The summed E-state index contributed by atoms with van der Waals surface area (Å²) in [6.45, 7) is 5.89. The molecule has 30 heavy (non-hydrogen) atoms. The van der Waals surface area contributed by atoms with Crippen molar-refractivity contribution in [3.05, 3.63) is 41.8 Å². The molecule has 1 aliphatic rings. The first-order valence-electron chi connectivity index (χ1n) is 9.74. The van der Waals surface area contributed by atoms with Crippen molar-refractivity contribution in [3.8, 4) is 11.5 Å². The molecule has 160 valence electrons. The van der Waals surface area contributed by atoms with Gasteiger partial charge in [-0.1, -0.05) is 5.21 Å². The van der Waals surface area contributed by atoms with E-state index in [1.54, 1.807) is 18.3 Å². The van der Waals surface area contributed by atoms with Gasteiger partial charge in [0.25, 0.3) is 5.89 Å². The molecular formula is C19H22F3N7O. The van der Waals surface area contributed by atoms with E-state index in [0.717, 1.165) is 0 Å². The summed E-state index contributed by atoms with van der Waals surface area (Å²) in [5.74, 6) is -0.761. The maximum absolute atomic E-state index is 15.4. The zero-order valence-corrected chi connectivity index (χ0v) is 16.7. The van der Waals surface area contributed by atoms with Crippen LogP contribution in [0.4, 0.5) is 13.2 Å². The Labute approximate surface area is 171 Å². The van der Waals surface area contributed by atoms with Crippen molar-refractivity contribution in [2.75, 3.05) is 13.1 Å². The lowest BCUT2D eigenvalue weighted by molar-refractivity contribution is 0.0393. The zero-order chi connectivity index (χ0) is 21.3. The minimum atomic E-state index is -2.82. The van der Waals surface area contributed by atoms with Crippen LogP contribution in [0.25, 0.3) is 11.5 Å². The molecule has 1 aliphatic heterocycles. The predicted octanol–water partition coefficient (Wildman–Crippen LogP) is 3.38. The van der Waals surface area contributed by atoms with Gasteiger partial charge in [0.05, 0.1) is 24.0 Å². The summed E-state index contributed by atoms with van der Waals surface area (Å²) in [7, 11) is 0. The molecule has 0 N–H and O–H groups in total. The van der Waals surface area contributed by atoms with E-state index in [-0.39, 0.29) is 5.89 Å². The molecule has 0 saturated carbocycles. The topological polar surface area (TPSA) is 85.8 Å². The molecule has 0 spiro atoms. The summed E-state index contributed by atoms with van der Waals surface area (Å²) in [6, 6.07) is 3.73. The number of halogens is 3. The second-order valence-corrected chi connectivity index (χ2v) is 7.68. The van der Waals surface area contributed by atoms with Crippen LogP contribution in [0.15, 0.2) is 28.9 Å². The summed E-state index contributed by atoms with van der Waals surface area (Å²) >= 11 is 0. The molecule has 3 aromatic heterocycles. The average Bonchev–Trinajstić information content (AvgIpc) is 3.39. The average molecular weight is 421 g/mol. The molecule has 1 fully saturated rings. The van der Waals surface area contributed by atoms with Crippen LogP contribution in [0, 0.1) is 0 Å². The van der Waals surface area contributed by atoms with Crippen molar-refractivity contribution in [2.45, 2.75) is 51.4 Å². The highest BCUT2D eigenvalue weighted by Crippen LogP contribution is 2.36. The Hall–Kier alpha value is -2.82. The Morgan fingerprint density at radius 2 is 1.90 bits per heavy atom. The van der Waals surface area contributed by atoms with Gasteiger partial charge in [-0.15, -0.1) is 15.3 Å². The molecule has 0 aromatic carbocycles. The highest BCUT2D eigenvalue weighted by Gasteiger charge is 2.39. The quantitative estimate of drug-likeness (QED) is 0.603. The normalized spacial score (nSPS) is 17.2. The van der Waals surface area contributed by atoms with E-state index in [1.807, 2.05) is 0 Å². The number of hydrogen-bond donors (Lipinski definition) is 0. The largest absolute Gasteiger partial charge is 0.415 e. The highest BCUT2D eigenvalue weighted by molar-refractivity contribution is 5.50. The van der Waals surface area contributed by atoms with Crippen LogP contribution in [0.2, 0.25) is 0 Å². The van der Waals surface area contributed by atoms with Crippen molar-refractivity contribution in [1.82, 2.24) is 35.1 Å². The first-order valence-corrected chi connectivity index (χ1v) is 9.74. The van der Waals surface area contributed by atoms with Crippen molar-refractivity contribution in [2.24, 2.45) is 0 Å². The first-order chi connectivity index (χ1) is 14.3. The lowest BCUT2D eigenvalue weighted by Crippen LogP contribution is -2.43. The Balaban J connectivity index is 1.41. The van der Waals surface area contributed by atoms with Crippen LogP contribution < -0.4 is 0 Å². The van der Waals surface area contributed by atoms with Gasteiger partial charge in [0.15, 0.2) is 5.67 Å². The molecule has 4 heterocycles. The van der Waals surface area contributed by atoms with Crippen molar-refractivity contribution in [3.63, 3.8) is 0 Å². The van der Waals surface area contributed by atoms with Crippen LogP contribution in [-0.2, 0) is 12.2 Å². The summed E-state index contributed by atoms with van der Waals surface area (Å²) in [4.78, 5) is 6.52. The molecule has 3 aromatic rings. The van der Waals surface area contributed by atoms with Crippen molar-refractivity contribution < 1.29 is 17.6 Å². The van der Waals surface area contributed by atoms with E-state index in [0.29, 0.717) is 55.5 Å². The number of hydrogen-bond acceptors (Lipinski definition) is 7. The number of pyridine rings is 1. The monoisotopic (exact) mass is 421 g/mol. The zero-order valence-electron chi connectivity index (χ0n) is 16.7. The number of nitrogens with zero attached hydrogens (tertiary/aromatic N) is 7. The Bertz CT molecular complexity index is 978. The van der Waals surface area contributed by atoms with Crippen LogP contribution >= 0.6 is 0 Å². The lowest BCUT2D eigenvalue weighted by Gasteiger charge is -2.37. The first kappa shape index (κ1) is 20.5. The highest BCUT2D eigenvalue weighted by atomic mass is 19.3. The molecule has 0 unspecified atom stereocenters. The van der Waals surface area contributed by atoms with Crippen LogP contribution in [-0.4, -0.2) is 54.2 Å². The molecule has 0 aliphatic carbocycles. The van der Waals surface area contributed by atoms with Crippen LogP contribution in [0.1, 0.15) is 50.4 Å². The van der Waals surface area contributed by atoms with Crippen molar-refractivity contribution in [1.29, 1.82) is 0 Å². The number of aromatic nitrogens is 6. The summed E-state index contributed by atoms with van der Waals surface area (Å²) < 4.78 is 46.9. The van der Waals surface area contributed by atoms with E-state index < -0.39 is 18.0 Å². The molecule has 4 rings (SSSR count). The van der Waals surface area contributed by atoms with E-state index in [4.69, 9.17) is 4.42 Å². The van der Waals surface area contributed by atoms with E-state index >= 15 is 4.39 Å². The Morgan fingerprint density at radius 1 is 1.13 bits per heavy atom. The molecular weight excluding hydrogens is 399 g/mol. The minimum Gasteiger partial charge on any atom is -0.415 e. The van der Waals surface area contributed by atoms with Gasteiger partial charge in [-0.05, 0) is 26.0 Å². The number of alkyl halides is 3. The summed E-state index contributed by atoms with van der Waals surface area (Å²) in [5, 5.41) is 15.0. The minimum absolute atomic E-state index is 0.0282. The summed E-state index contributed by atoms with van der Waals surface area (Å²) in [6.07, 6.45) is 1.03. The van der Waals surface area contributed by atoms with Gasteiger partial charge in [0, 0.05) is 38.2 Å². The second kappa shape index (κ2) is 8.13. The van der Waals surface area contributed by atoms with Crippen LogP contribution in [0.3, 0.4) is 0 Å². The fraction of sp³-hybridized carbons (Fsp3) is 0.526. The second-order valence-electron chi connectivity index (χ2n) is 7.68. The molecule has 11 heteroatoms. The third kappa shape index (κ3) is 4.20. The number of likely N-dealkylation sites (tertiary alicyclic amines) is 1. The van der Waals surface area contributed by atoms with Gasteiger partial charge in [-0.25, -0.2) is 9.07 Å². The van der Waals surface area contributed by atoms with E-state index in [1.165, 1.54) is 10.9 Å². The van der Waals surface area contributed by atoms with Gasteiger partial charge in [-0.2, -0.15) is 8.78 Å². The fourth-order valence-electron chi connectivity index (χ4n) is 3.48. The van der Waals surface area contributed by atoms with Crippen LogP contribution in [0.5, 0.6) is 0 Å². The van der Waals surface area contributed by atoms with Gasteiger partial charge in [0.2, 0.25) is 5.89 Å². The number of piperidine rings is 1. The molecule has 0 amide bonds. The Morgan fingerprint density at radius 3 is 2.50 bits per heavy atom. The predicted molar refractivity (Wildman–Crippen MR) is 100 cm³/mol. The molecule has 1 saturated heterocycles. The van der Waals surface area contributed by atoms with Gasteiger partial charge >= 0.3 is 6.43 Å². The third-order valence-electron chi connectivity index (χ3n) is 5.34. The van der Waals surface area contributed by atoms with Gasteiger partial charge < -0.3 is 9.32 Å². The molecule has 8 nitrogen and oxygen atoms in total. The smallest absolute Gasteiger partial charge is 0.314 e. The van der Waals surface area contributed by atoms with Gasteiger partial charge in [-0.3, -0.25) is 4.98 Å². The fourth-order valence-corrected chi connectivity index (χ4v) is 3.48. The lowest BCUT2D eigenvalue weighted by atomic mass is 9.90. The molecule has 0 atom stereocenters. The Kier molecular flexibility index (Phi) is 5.54. The maximum Gasteiger partial charge on any atom is 0.314 e. The van der Waals surface area contributed by atoms with Gasteiger partial charge in [0.1, 0.15) is 5.69 Å². The molecule has 0 radical (unpaired) electrons. The maximum atomic E-state index is 15.4. The SMILES string of the molecule is CC(C)N1CCC(F)(c2cn(Cc3ccc(-c4nnc(C(F)F)o4)cn3)nn2)CC1. The molecule has 0 bridgehead atoms. The third-order valence-corrected chi connectivity index (χ3v) is 5.34. The standard InChI is InChI=1S/C19H22F3N7O/c1-12(2)28-7-5-19(22,6-8-28)15-11-29(27-24-15)10-14-4-3-13(9-23-14)17-25-26-18(30-17)16(20)21/h3-4,9,11-12,16H,5-8,10H2,1-2H3. The van der Waals surface area contributed by atoms with E-state index in [2.05, 4.69) is 44.2 Å². The van der Waals surface area contributed by atoms with Crippen molar-refractivity contribution >= 4 is 0 Å². The number of rotatable bonds is 6. The van der Waals surface area contributed by atoms with E-state index in [9.17, 15) is 8.78 Å².